The molecule has 0 aliphatic carbocycles. The highest BCUT2D eigenvalue weighted by Crippen LogP contribution is 2.23. The van der Waals surface area contributed by atoms with Crippen LogP contribution < -0.4 is 0 Å². The van der Waals surface area contributed by atoms with Crippen LogP contribution in [0.15, 0.2) is 42.5 Å². The fraction of sp³-hybridized carbons (Fsp3) is 0.522. The van der Waals surface area contributed by atoms with Crippen molar-refractivity contribution in [2.24, 2.45) is 5.92 Å². The summed E-state index contributed by atoms with van der Waals surface area (Å²) in [5.41, 5.74) is 0.233. The predicted octanol–water partition coefficient (Wildman–Crippen LogP) is 3.82. The Hall–Kier alpha value is -2.63. The second-order valence-electron chi connectivity index (χ2n) is 8.34. The molecule has 0 fully saturated rings. The number of allylic oxidation sites excluding steroid dienone is 2. The van der Waals surface area contributed by atoms with Gasteiger partial charge in [-0.15, -0.1) is 0 Å². The summed E-state index contributed by atoms with van der Waals surface area (Å²) >= 11 is 0. The van der Waals surface area contributed by atoms with E-state index in [0.29, 0.717) is 12.8 Å². The Balaban J connectivity index is 2.20. The molecule has 29 heavy (non-hydrogen) atoms. The quantitative estimate of drug-likeness (QED) is 0.569. The lowest BCUT2D eigenvalue weighted by Crippen LogP contribution is -2.38. The number of carbonyl (C=O) groups excluding carboxylic acids is 3. The van der Waals surface area contributed by atoms with Gasteiger partial charge in [-0.1, -0.05) is 42.5 Å². The summed E-state index contributed by atoms with van der Waals surface area (Å²) in [6.45, 7) is 5.64. The molecule has 158 valence electrons. The first kappa shape index (κ1) is 22.7. The van der Waals surface area contributed by atoms with Gasteiger partial charge in [0.15, 0.2) is 0 Å². The van der Waals surface area contributed by atoms with Crippen LogP contribution in [-0.4, -0.2) is 41.9 Å². The van der Waals surface area contributed by atoms with E-state index in [-0.39, 0.29) is 31.3 Å². The molecular formula is C23H31NO5. The second-order valence-corrected chi connectivity index (χ2v) is 8.34. The van der Waals surface area contributed by atoms with Gasteiger partial charge in [-0.05, 0) is 39.2 Å². The summed E-state index contributed by atoms with van der Waals surface area (Å²) in [6.07, 6.45) is 4.40. The number of esters is 2. The highest BCUT2D eigenvalue weighted by molar-refractivity contribution is 5.84. The van der Waals surface area contributed by atoms with Crippen LogP contribution in [0.25, 0.3) is 0 Å². The first-order valence-electron chi connectivity index (χ1n) is 10.0. The summed E-state index contributed by atoms with van der Waals surface area (Å²) in [6, 6.07) is 9.38. The third-order valence-corrected chi connectivity index (χ3v) is 4.55. The number of amides is 1. The Morgan fingerprint density at radius 1 is 1.17 bits per heavy atom. The average molecular weight is 402 g/mol. The van der Waals surface area contributed by atoms with Gasteiger partial charge in [0.25, 0.3) is 0 Å². The minimum atomic E-state index is -0.597. The number of rotatable bonds is 3. The SMILES string of the molecule is CN1C[C@@H](c2ccccc2)OC(=O)CC/C=C\C[C@@H](CC(=O)OC(C)(C)C)C1=O. The number of nitrogens with zero attached hydrogens (tertiary/aromatic N) is 1. The van der Waals surface area contributed by atoms with E-state index in [1.807, 2.05) is 42.5 Å². The van der Waals surface area contributed by atoms with Gasteiger partial charge < -0.3 is 14.4 Å². The van der Waals surface area contributed by atoms with Crippen molar-refractivity contribution in [3.05, 3.63) is 48.0 Å². The van der Waals surface area contributed by atoms with Crippen molar-refractivity contribution in [2.45, 2.75) is 58.2 Å². The number of hydrogen-bond acceptors (Lipinski definition) is 5. The maximum absolute atomic E-state index is 13.1. The molecule has 0 saturated carbocycles. The Bertz CT molecular complexity index is 735. The lowest BCUT2D eigenvalue weighted by molar-refractivity contribution is -0.158. The van der Waals surface area contributed by atoms with Crippen LogP contribution in [-0.2, 0) is 23.9 Å². The molecule has 0 saturated heterocycles. The summed E-state index contributed by atoms with van der Waals surface area (Å²) in [5.74, 6) is -1.37. The number of likely N-dealkylation sites (N-methyl/N-ethyl adjacent to an activating group) is 1. The molecule has 0 N–H and O–H groups in total. The third-order valence-electron chi connectivity index (χ3n) is 4.55. The minimum Gasteiger partial charge on any atom is -0.460 e. The van der Waals surface area contributed by atoms with E-state index in [0.717, 1.165) is 5.56 Å². The van der Waals surface area contributed by atoms with E-state index < -0.39 is 23.6 Å². The van der Waals surface area contributed by atoms with Gasteiger partial charge >= 0.3 is 11.9 Å². The van der Waals surface area contributed by atoms with Gasteiger partial charge in [-0.3, -0.25) is 14.4 Å². The van der Waals surface area contributed by atoms with E-state index >= 15 is 0 Å². The molecule has 1 heterocycles. The second kappa shape index (κ2) is 10.2. The van der Waals surface area contributed by atoms with E-state index in [4.69, 9.17) is 9.47 Å². The number of carbonyl (C=O) groups is 3. The van der Waals surface area contributed by atoms with E-state index in [2.05, 4.69) is 0 Å². The van der Waals surface area contributed by atoms with Gasteiger partial charge in [0.2, 0.25) is 5.91 Å². The molecule has 0 spiro atoms. The van der Waals surface area contributed by atoms with Crippen molar-refractivity contribution in [1.29, 1.82) is 0 Å². The average Bonchev–Trinajstić information content (AvgIpc) is 2.64. The summed E-state index contributed by atoms with van der Waals surface area (Å²) in [4.78, 5) is 39.1. The van der Waals surface area contributed by atoms with Crippen molar-refractivity contribution in [3.8, 4) is 0 Å². The van der Waals surface area contributed by atoms with Crippen LogP contribution in [0.4, 0.5) is 0 Å². The van der Waals surface area contributed by atoms with Crippen LogP contribution in [0.1, 0.15) is 58.1 Å². The minimum absolute atomic E-state index is 0.0145. The molecule has 6 nitrogen and oxygen atoms in total. The standard InChI is InChI=1S/C23H31NO5/c1-23(2,3)29-21(26)15-18-13-9-6-10-14-20(25)28-19(16-24(4)22(18)27)17-11-7-5-8-12-17/h5-9,11-12,18-19H,10,13-16H2,1-4H3/b9-6-/t18-,19-/m0/s1. The highest BCUT2D eigenvalue weighted by Gasteiger charge is 2.29. The Morgan fingerprint density at radius 3 is 2.52 bits per heavy atom. The van der Waals surface area contributed by atoms with Crippen LogP contribution in [0.5, 0.6) is 0 Å². The monoisotopic (exact) mass is 401 g/mol. The number of benzene rings is 1. The fourth-order valence-electron chi connectivity index (χ4n) is 3.18. The van der Waals surface area contributed by atoms with Gasteiger partial charge in [0.05, 0.1) is 18.9 Å². The van der Waals surface area contributed by atoms with Crippen LogP contribution >= 0.6 is 0 Å². The van der Waals surface area contributed by atoms with Gasteiger partial charge in [0.1, 0.15) is 11.7 Å². The van der Waals surface area contributed by atoms with Crippen molar-refractivity contribution in [1.82, 2.24) is 4.90 Å². The molecule has 2 atom stereocenters. The highest BCUT2D eigenvalue weighted by atomic mass is 16.6. The lowest BCUT2D eigenvalue weighted by Gasteiger charge is -2.28. The number of cyclic esters (lactones) is 1. The molecule has 0 aromatic heterocycles. The molecule has 1 amide bonds. The van der Waals surface area contributed by atoms with Crippen molar-refractivity contribution in [3.63, 3.8) is 0 Å². The maximum atomic E-state index is 13.1. The van der Waals surface area contributed by atoms with Gasteiger partial charge in [0, 0.05) is 13.5 Å². The third kappa shape index (κ3) is 7.72. The Labute approximate surface area is 172 Å². The first-order valence-corrected chi connectivity index (χ1v) is 10.0. The molecule has 1 aliphatic heterocycles. The number of hydrogen-bond donors (Lipinski definition) is 0. The first-order chi connectivity index (χ1) is 13.7. The fourth-order valence-corrected chi connectivity index (χ4v) is 3.18. The van der Waals surface area contributed by atoms with Gasteiger partial charge in [-0.2, -0.15) is 0 Å². The Kier molecular flexibility index (Phi) is 8.00. The molecule has 0 radical (unpaired) electrons. The molecule has 1 aliphatic rings. The van der Waals surface area contributed by atoms with E-state index in [1.165, 1.54) is 4.90 Å². The normalized spacial score (nSPS) is 22.8. The van der Waals surface area contributed by atoms with Crippen LogP contribution in [0.3, 0.4) is 0 Å². The van der Waals surface area contributed by atoms with E-state index in [9.17, 15) is 14.4 Å². The molecule has 0 unspecified atom stereocenters. The summed E-state index contributed by atoms with van der Waals surface area (Å²) in [7, 11) is 1.67. The zero-order chi connectivity index (χ0) is 21.4. The zero-order valence-electron chi connectivity index (χ0n) is 17.7. The van der Waals surface area contributed by atoms with E-state index in [1.54, 1.807) is 27.8 Å². The lowest BCUT2D eigenvalue weighted by atomic mass is 9.98. The van der Waals surface area contributed by atoms with Crippen molar-refractivity contribution < 1.29 is 23.9 Å². The summed E-state index contributed by atoms with van der Waals surface area (Å²) in [5, 5.41) is 0. The largest absolute Gasteiger partial charge is 0.460 e. The Morgan fingerprint density at radius 2 is 1.86 bits per heavy atom. The van der Waals surface area contributed by atoms with Crippen LogP contribution in [0.2, 0.25) is 0 Å². The predicted molar refractivity (Wildman–Crippen MR) is 110 cm³/mol. The van der Waals surface area contributed by atoms with Crippen molar-refractivity contribution in [2.75, 3.05) is 13.6 Å². The molecular weight excluding hydrogens is 370 g/mol. The molecule has 1 aromatic carbocycles. The smallest absolute Gasteiger partial charge is 0.307 e. The molecule has 2 rings (SSSR count). The summed E-state index contributed by atoms with van der Waals surface area (Å²) < 4.78 is 11.1. The molecule has 0 bridgehead atoms. The number of ether oxygens (including phenoxy) is 2. The van der Waals surface area contributed by atoms with Crippen molar-refractivity contribution >= 4 is 17.8 Å². The van der Waals surface area contributed by atoms with Gasteiger partial charge in [-0.25, -0.2) is 0 Å². The maximum Gasteiger partial charge on any atom is 0.307 e. The molecule has 1 aromatic rings. The molecule has 6 heteroatoms. The zero-order valence-corrected chi connectivity index (χ0v) is 17.7. The van der Waals surface area contributed by atoms with Crippen LogP contribution in [0, 0.1) is 5.92 Å². The topological polar surface area (TPSA) is 72.9 Å².